The summed E-state index contributed by atoms with van der Waals surface area (Å²) in [5, 5.41) is 11.8. The van der Waals surface area contributed by atoms with Gasteiger partial charge in [-0.1, -0.05) is 44.2 Å². The van der Waals surface area contributed by atoms with Crippen LogP contribution >= 0.6 is 0 Å². The number of para-hydroxylation sites is 1. The molecule has 0 spiro atoms. The Morgan fingerprint density at radius 1 is 1.07 bits per heavy atom. The molecule has 0 saturated carbocycles. The van der Waals surface area contributed by atoms with Crippen LogP contribution in [0.15, 0.2) is 60.9 Å². The molecule has 0 N–H and O–H groups in total. The van der Waals surface area contributed by atoms with Crippen LogP contribution in [0.2, 0.25) is 0 Å². The Balaban J connectivity index is 2.01. The first kappa shape index (κ1) is 19.3. The molecular weight excluding hydrogens is 356 g/mol. The lowest BCUT2D eigenvalue weighted by molar-refractivity contribution is -0.385. The van der Waals surface area contributed by atoms with Crippen LogP contribution < -0.4 is 9.64 Å². The average molecular weight is 378 g/mol. The molecule has 0 bridgehead atoms. The summed E-state index contributed by atoms with van der Waals surface area (Å²) >= 11 is 0. The number of nitrogens with zero attached hydrogens (tertiary/aromatic N) is 4. The summed E-state index contributed by atoms with van der Waals surface area (Å²) in [7, 11) is 0. The Hall–Kier alpha value is -3.48. The molecule has 7 heteroatoms. The van der Waals surface area contributed by atoms with Gasteiger partial charge in [-0.25, -0.2) is 4.98 Å². The Kier molecular flexibility index (Phi) is 5.84. The number of aromatic nitrogens is 2. The van der Waals surface area contributed by atoms with Gasteiger partial charge in [0.05, 0.1) is 4.92 Å². The minimum atomic E-state index is -0.501. The maximum absolute atomic E-state index is 11.8. The summed E-state index contributed by atoms with van der Waals surface area (Å²) in [5.41, 5.74) is 1.70. The van der Waals surface area contributed by atoms with Gasteiger partial charge in [0.15, 0.2) is 0 Å². The van der Waals surface area contributed by atoms with Gasteiger partial charge in [0.1, 0.15) is 12.1 Å². The number of hydrogen-bond acceptors (Lipinski definition) is 6. The molecule has 0 aliphatic rings. The SMILES string of the molecule is CCN(c1ccccc1)c1ncnc(Oc2ccc(C(C)C)cc2)c1[N+](=O)[O-]. The average Bonchev–Trinajstić information content (AvgIpc) is 2.70. The van der Waals surface area contributed by atoms with Gasteiger partial charge >= 0.3 is 11.6 Å². The van der Waals surface area contributed by atoms with Crippen LogP contribution in [-0.2, 0) is 0 Å². The van der Waals surface area contributed by atoms with Crippen molar-refractivity contribution in [3.8, 4) is 11.6 Å². The quantitative estimate of drug-likeness (QED) is 0.401. The van der Waals surface area contributed by atoms with Crippen molar-refractivity contribution in [3.05, 3.63) is 76.6 Å². The second-order valence-electron chi connectivity index (χ2n) is 6.51. The number of hydrogen-bond donors (Lipinski definition) is 0. The molecule has 1 heterocycles. The second kappa shape index (κ2) is 8.47. The molecule has 0 fully saturated rings. The highest BCUT2D eigenvalue weighted by Gasteiger charge is 2.29. The molecule has 3 aromatic rings. The van der Waals surface area contributed by atoms with Gasteiger partial charge in [0, 0.05) is 12.2 Å². The fourth-order valence-corrected chi connectivity index (χ4v) is 2.88. The molecule has 7 nitrogen and oxygen atoms in total. The number of rotatable bonds is 7. The van der Waals surface area contributed by atoms with E-state index in [4.69, 9.17) is 4.74 Å². The zero-order valence-electron chi connectivity index (χ0n) is 16.1. The van der Waals surface area contributed by atoms with E-state index in [1.807, 2.05) is 49.4 Å². The monoisotopic (exact) mass is 378 g/mol. The lowest BCUT2D eigenvalue weighted by Crippen LogP contribution is -2.19. The number of nitro groups is 1. The third-order valence-electron chi connectivity index (χ3n) is 4.35. The van der Waals surface area contributed by atoms with Crippen LogP contribution in [0.1, 0.15) is 32.3 Å². The molecule has 2 aromatic carbocycles. The van der Waals surface area contributed by atoms with Gasteiger partial charge in [-0.05, 0) is 42.7 Å². The number of ether oxygens (including phenoxy) is 1. The van der Waals surface area contributed by atoms with Crippen molar-refractivity contribution >= 4 is 17.2 Å². The van der Waals surface area contributed by atoms with E-state index in [-0.39, 0.29) is 17.4 Å². The molecule has 0 amide bonds. The molecule has 0 atom stereocenters. The van der Waals surface area contributed by atoms with Crippen molar-refractivity contribution in [2.24, 2.45) is 0 Å². The highest BCUT2D eigenvalue weighted by atomic mass is 16.6. The van der Waals surface area contributed by atoms with Crippen LogP contribution in [0.25, 0.3) is 0 Å². The Bertz CT molecular complexity index is 944. The largest absolute Gasteiger partial charge is 0.434 e. The molecular formula is C21H22N4O3. The topological polar surface area (TPSA) is 81.4 Å². The Labute approximate surface area is 163 Å². The van der Waals surface area contributed by atoms with E-state index >= 15 is 0 Å². The van der Waals surface area contributed by atoms with Crippen LogP contribution in [0.3, 0.4) is 0 Å². The minimum Gasteiger partial charge on any atom is -0.434 e. The molecule has 0 unspecified atom stereocenters. The van der Waals surface area contributed by atoms with Crippen molar-refractivity contribution < 1.29 is 9.66 Å². The molecule has 1 aromatic heterocycles. The second-order valence-corrected chi connectivity index (χ2v) is 6.51. The predicted molar refractivity (Wildman–Crippen MR) is 108 cm³/mol. The molecule has 0 saturated heterocycles. The van der Waals surface area contributed by atoms with Crippen LogP contribution in [0.5, 0.6) is 11.6 Å². The van der Waals surface area contributed by atoms with Gasteiger partial charge in [0.2, 0.25) is 5.82 Å². The van der Waals surface area contributed by atoms with Crippen molar-refractivity contribution in [3.63, 3.8) is 0 Å². The summed E-state index contributed by atoms with van der Waals surface area (Å²) in [4.78, 5) is 21.3. The predicted octanol–water partition coefficient (Wildman–Crippen LogP) is 5.46. The molecule has 28 heavy (non-hydrogen) atoms. The zero-order chi connectivity index (χ0) is 20.1. The maximum atomic E-state index is 11.8. The van der Waals surface area contributed by atoms with Crippen molar-refractivity contribution in [1.29, 1.82) is 0 Å². The lowest BCUT2D eigenvalue weighted by Gasteiger charge is -2.22. The van der Waals surface area contributed by atoms with E-state index in [1.54, 1.807) is 17.0 Å². The number of anilines is 2. The van der Waals surface area contributed by atoms with E-state index in [0.717, 1.165) is 11.3 Å². The van der Waals surface area contributed by atoms with E-state index in [1.165, 1.54) is 6.33 Å². The first-order chi connectivity index (χ1) is 13.5. The summed E-state index contributed by atoms with van der Waals surface area (Å²) < 4.78 is 5.76. The standard InChI is InChI=1S/C21H22N4O3/c1-4-24(17-8-6-5-7-9-17)20-19(25(26)27)21(23-14-22-20)28-18-12-10-16(11-13-18)15(2)3/h5-15H,4H2,1-3H3. The van der Waals surface area contributed by atoms with Crippen LogP contribution in [0.4, 0.5) is 17.2 Å². The Morgan fingerprint density at radius 3 is 2.32 bits per heavy atom. The molecule has 0 aliphatic heterocycles. The summed E-state index contributed by atoms with van der Waals surface area (Å²) in [6.07, 6.45) is 1.28. The third kappa shape index (κ3) is 4.09. The lowest BCUT2D eigenvalue weighted by atomic mass is 10.0. The van der Waals surface area contributed by atoms with E-state index in [9.17, 15) is 10.1 Å². The highest BCUT2D eigenvalue weighted by molar-refractivity contribution is 5.71. The van der Waals surface area contributed by atoms with Crippen molar-refractivity contribution in [2.75, 3.05) is 11.4 Å². The summed E-state index contributed by atoms with van der Waals surface area (Å²) in [6.45, 7) is 6.61. The van der Waals surface area contributed by atoms with Crippen LogP contribution in [-0.4, -0.2) is 21.4 Å². The smallest absolute Gasteiger partial charge is 0.373 e. The van der Waals surface area contributed by atoms with E-state index < -0.39 is 4.92 Å². The van der Waals surface area contributed by atoms with Gasteiger partial charge in [0.25, 0.3) is 0 Å². The summed E-state index contributed by atoms with van der Waals surface area (Å²) in [5.74, 6) is 0.988. The zero-order valence-corrected chi connectivity index (χ0v) is 16.1. The van der Waals surface area contributed by atoms with E-state index in [2.05, 4.69) is 23.8 Å². The Morgan fingerprint density at radius 2 is 1.75 bits per heavy atom. The van der Waals surface area contributed by atoms with Crippen molar-refractivity contribution in [1.82, 2.24) is 9.97 Å². The van der Waals surface area contributed by atoms with E-state index in [0.29, 0.717) is 18.2 Å². The van der Waals surface area contributed by atoms with Gasteiger partial charge in [-0.15, -0.1) is 0 Å². The molecule has 3 rings (SSSR count). The van der Waals surface area contributed by atoms with Crippen LogP contribution in [0, 0.1) is 10.1 Å². The normalized spacial score (nSPS) is 10.7. The highest BCUT2D eigenvalue weighted by Crippen LogP contribution is 2.38. The van der Waals surface area contributed by atoms with Gasteiger partial charge in [-0.3, -0.25) is 10.1 Å². The fourth-order valence-electron chi connectivity index (χ4n) is 2.88. The first-order valence-electron chi connectivity index (χ1n) is 9.11. The molecule has 144 valence electrons. The molecule has 0 aliphatic carbocycles. The maximum Gasteiger partial charge on any atom is 0.373 e. The fraction of sp³-hybridized carbons (Fsp3) is 0.238. The third-order valence-corrected chi connectivity index (χ3v) is 4.35. The summed E-state index contributed by atoms with van der Waals surface area (Å²) in [6, 6.07) is 16.8. The van der Waals surface area contributed by atoms with Gasteiger partial charge < -0.3 is 9.64 Å². The minimum absolute atomic E-state index is 0.0818. The first-order valence-corrected chi connectivity index (χ1v) is 9.11. The van der Waals surface area contributed by atoms with Gasteiger partial charge in [-0.2, -0.15) is 4.98 Å². The van der Waals surface area contributed by atoms with Crippen molar-refractivity contribution in [2.45, 2.75) is 26.7 Å². The number of benzene rings is 2. The molecule has 0 radical (unpaired) electrons.